The molecule has 4 heterocycles. The Kier molecular flexibility index (Phi) is 6.36. The van der Waals surface area contributed by atoms with Crippen LogP contribution in [0.2, 0.25) is 0 Å². The van der Waals surface area contributed by atoms with Gasteiger partial charge in [0.25, 0.3) is 0 Å². The number of nitrogens with zero attached hydrogens (tertiary/aromatic N) is 7. The summed E-state index contributed by atoms with van der Waals surface area (Å²) >= 11 is 0. The van der Waals surface area contributed by atoms with Gasteiger partial charge in [-0.25, -0.2) is 14.4 Å². The lowest BCUT2D eigenvalue weighted by molar-refractivity contribution is 0.176. The average molecular weight is 548 g/mol. The van der Waals surface area contributed by atoms with E-state index >= 15 is 4.39 Å². The number of likely N-dealkylation sites (tertiary alicyclic amines) is 1. The van der Waals surface area contributed by atoms with Crippen LogP contribution in [0.25, 0.3) is 45.2 Å². The summed E-state index contributed by atoms with van der Waals surface area (Å²) in [5, 5.41) is 17.9. The number of pyridine rings is 1. The van der Waals surface area contributed by atoms with Crippen molar-refractivity contribution in [1.29, 1.82) is 5.26 Å². The van der Waals surface area contributed by atoms with Crippen LogP contribution in [-0.2, 0) is 13.6 Å². The van der Waals surface area contributed by atoms with Crippen LogP contribution in [0.1, 0.15) is 55.3 Å². The van der Waals surface area contributed by atoms with Crippen molar-refractivity contribution in [2.45, 2.75) is 45.1 Å². The second kappa shape index (κ2) is 10.2. The number of piperidine rings is 1. The van der Waals surface area contributed by atoms with Crippen LogP contribution in [0.5, 0.6) is 0 Å². The minimum absolute atomic E-state index is 0.147. The Morgan fingerprint density at radius 1 is 1.07 bits per heavy atom. The Labute approximate surface area is 237 Å². The summed E-state index contributed by atoms with van der Waals surface area (Å²) in [6.45, 7) is 5.02. The highest BCUT2D eigenvalue weighted by atomic mass is 19.1. The first-order valence-electron chi connectivity index (χ1n) is 14.2. The molecule has 0 bridgehead atoms. The smallest absolute Gasteiger partial charge is 0.246 e. The summed E-state index contributed by atoms with van der Waals surface area (Å²) in [6.07, 6.45) is 6.19. The molecule has 1 aliphatic carbocycles. The number of nitriles is 1. The maximum absolute atomic E-state index is 15.3. The number of rotatable bonds is 6. The van der Waals surface area contributed by atoms with Gasteiger partial charge in [-0.2, -0.15) is 5.26 Å². The second-order valence-corrected chi connectivity index (χ2v) is 11.5. The number of benzene rings is 2. The molecule has 0 amide bonds. The molecule has 0 N–H and O–H groups in total. The molecule has 2 aliphatic rings. The minimum atomic E-state index is -0.406. The van der Waals surface area contributed by atoms with Gasteiger partial charge < -0.3 is 8.98 Å². The molecule has 7 rings (SSSR count). The molecule has 5 aromatic rings. The first-order chi connectivity index (χ1) is 19.9. The van der Waals surface area contributed by atoms with E-state index < -0.39 is 5.82 Å². The third kappa shape index (κ3) is 5.00. The van der Waals surface area contributed by atoms with E-state index in [0.717, 1.165) is 53.9 Å². The molecule has 3 aromatic heterocycles. The van der Waals surface area contributed by atoms with E-state index in [0.29, 0.717) is 46.9 Å². The summed E-state index contributed by atoms with van der Waals surface area (Å²) in [5.41, 5.74) is 6.18. The van der Waals surface area contributed by atoms with E-state index in [1.54, 1.807) is 18.5 Å². The van der Waals surface area contributed by atoms with Crippen LogP contribution in [-0.4, -0.2) is 42.7 Å². The van der Waals surface area contributed by atoms with Crippen molar-refractivity contribution in [1.82, 2.24) is 29.6 Å². The number of oxazole rings is 1. The standard InChI is InChI=1S/C32H30FN7O/c1-19-4-3-9-40(16-19)17-21-11-26(33)30-28(12-21)37-32(41-30)29-14-23(13-27(36-29)22-6-7-22)24-8-5-20(15-34)10-25(24)31-38-35-18-39(31)2/h5,8,10-14,18-19,22H,3-4,6-7,9,16-17H2,1-2H3/t19-/m0/s1. The van der Waals surface area contributed by atoms with Crippen molar-refractivity contribution < 1.29 is 8.81 Å². The number of aromatic nitrogens is 5. The lowest BCUT2D eigenvalue weighted by atomic mass is 9.96. The lowest BCUT2D eigenvalue weighted by Crippen LogP contribution is -2.33. The van der Waals surface area contributed by atoms with E-state index in [1.165, 1.54) is 12.8 Å². The quantitative estimate of drug-likeness (QED) is 0.240. The van der Waals surface area contributed by atoms with Crippen molar-refractivity contribution in [2.24, 2.45) is 13.0 Å². The van der Waals surface area contributed by atoms with E-state index in [4.69, 9.17) is 14.4 Å². The minimum Gasteiger partial charge on any atom is -0.432 e. The maximum Gasteiger partial charge on any atom is 0.246 e. The largest absolute Gasteiger partial charge is 0.432 e. The Balaban J connectivity index is 1.31. The molecule has 1 aliphatic heterocycles. The second-order valence-electron chi connectivity index (χ2n) is 11.5. The summed E-state index contributed by atoms with van der Waals surface area (Å²) in [5.74, 6) is 1.56. The van der Waals surface area contributed by atoms with Gasteiger partial charge in [-0.1, -0.05) is 13.0 Å². The fourth-order valence-electron chi connectivity index (χ4n) is 5.92. The molecule has 0 radical (unpaired) electrons. The van der Waals surface area contributed by atoms with Gasteiger partial charge in [0, 0.05) is 37.3 Å². The van der Waals surface area contributed by atoms with E-state index in [-0.39, 0.29) is 5.58 Å². The van der Waals surface area contributed by atoms with Gasteiger partial charge in [-0.3, -0.25) is 4.90 Å². The normalized spacial score (nSPS) is 17.7. The predicted octanol–water partition coefficient (Wildman–Crippen LogP) is 6.47. The molecule has 0 unspecified atom stereocenters. The van der Waals surface area contributed by atoms with Gasteiger partial charge in [0.15, 0.2) is 17.2 Å². The highest BCUT2D eigenvalue weighted by Crippen LogP contribution is 2.43. The van der Waals surface area contributed by atoms with Gasteiger partial charge >= 0.3 is 0 Å². The van der Waals surface area contributed by atoms with Crippen molar-refractivity contribution in [3.8, 4) is 40.2 Å². The SMILES string of the molecule is C[C@H]1CCCN(Cc2cc(F)c3oc(-c4cc(-c5ccc(C#N)cc5-c5nncn5C)cc(C5CC5)n4)nc3c2)C1. The molecule has 1 atom stereocenters. The van der Waals surface area contributed by atoms with Crippen molar-refractivity contribution in [2.75, 3.05) is 13.1 Å². The monoisotopic (exact) mass is 547 g/mol. The fraction of sp³-hybridized carbons (Fsp3) is 0.344. The molecule has 2 fully saturated rings. The Morgan fingerprint density at radius 2 is 1.95 bits per heavy atom. The van der Waals surface area contributed by atoms with E-state index in [1.807, 2.05) is 35.9 Å². The zero-order valence-electron chi connectivity index (χ0n) is 23.1. The number of hydrogen-bond donors (Lipinski definition) is 0. The zero-order valence-corrected chi connectivity index (χ0v) is 23.1. The van der Waals surface area contributed by atoms with Crippen molar-refractivity contribution >= 4 is 11.1 Å². The molecule has 0 spiro atoms. The lowest BCUT2D eigenvalue weighted by Gasteiger charge is -2.30. The molecule has 8 nitrogen and oxygen atoms in total. The molecule has 1 saturated carbocycles. The number of fused-ring (bicyclic) bond motifs is 1. The van der Waals surface area contributed by atoms with Crippen molar-refractivity contribution in [3.05, 3.63) is 71.4 Å². The molecule has 2 aromatic carbocycles. The molecule has 9 heteroatoms. The van der Waals surface area contributed by atoms with Gasteiger partial charge in [0.2, 0.25) is 5.89 Å². The zero-order chi connectivity index (χ0) is 28.1. The van der Waals surface area contributed by atoms with Crippen LogP contribution >= 0.6 is 0 Å². The Bertz CT molecular complexity index is 1810. The predicted molar refractivity (Wildman–Crippen MR) is 153 cm³/mol. The van der Waals surface area contributed by atoms with Gasteiger partial charge in [-0.15, -0.1) is 10.2 Å². The fourth-order valence-corrected chi connectivity index (χ4v) is 5.92. The van der Waals surface area contributed by atoms with Crippen LogP contribution in [0.3, 0.4) is 0 Å². The van der Waals surface area contributed by atoms with Crippen LogP contribution in [0.4, 0.5) is 4.39 Å². The summed E-state index contributed by atoms with van der Waals surface area (Å²) < 4.78 is 23.1. The summed E-state index contributed by atoms with van der Waals surface area (Å²) in [4.78, 5) is 12.0. The van der Waals surface area contributed by atoms with Crippen molar-refractivity contribution in [3.63, 3.8) is 0 Å². The third-order valence-corrected chi connectivity index (χ3v) is 8.12. The van der Waals surface area contributed by atoms with Crippen LogP contribution in [0, 0.1) is 23.1 Å². The van der Waals surface area contributed by atoms with Crippen LogP contribution in [0.15, 0.2) is 53.2 Å². The van der Waals surface area contributed by atoms with Gasteiger partial charge in [-0.05, 0) is 91.2 Å². The first-order valence-corrected chi connectivity index (χ1v) is 14.2. The third-order valence-electron chi connectivity index (χ3n) is 8.12. The topological polar surface area (TPSA) is 96.7 Å². The first kappa shape index (κ1) is 25.5. The Hall–Kier alpha value is -4.42. The maximum atomic E-state index is 15.3. The van der Waals surface area contributed by atoms with Gasteiger partial charge in [0.1, 0.15) is 17.5 Å². The van der Waals surface area contributed by atoms with E-state index in [9.17, 15) is 5.26 Å². The Morgan fingerprint density at radius 3 is 2.71 bits per heavy atom. The molecular weight excluding hydrogens is 517 g/mol. The highest BCUT2D eigenvalue weighted by Gasteiger charge is 2.28. The molecular formula is C32H30FN7O. The molecule has 206 valence electrons. The van der Waals surface area contributed by atoms with Gasteiger partial charge in [0.05, 0.1) is 11.6 Å². The summed E-state index contributed by atoms with van der Waals surface area (Å²) in [7, 11) is 1.87. The highest BCUT2D eigenvalue weighted by molar-refractivity contribution is 5.84. The molecule has 1 saturated heterocycles. The average Bonchev–Trinajstić information content (AvgIpc) is 3.59. The summed E-state index contributed by atoms with van der Waals surface area (Å²) in [6, 6.07) is 15.3. The number of halogens is 1. The number of aryl methyl sites for hydroxylation is 1. The number of hydrogen-bond acceptors (Lipinski definition) is 7. The van der Waals surface area contributed by atoms with E-state index in [2.05, 4.69) is 34.2 Å². The van der Waals surface area contributed by atoms with Crippen LogP contribution < -0.4 is 0 Å². The molecule has 41 heavy (non-hydrogen) atoms.